The number of aromatic nitrogens is 2. The van der Waals surface area contributed by atoms with Crippen LogP contribution in [0.2, 0.25) is 0 Å². The van der Waals surface area contributed by atoms with Gasteiger partial charge in [-0.05, 0) is 11.6 Å². The molecular weight excluding hydrogens is 257 g/mol. The van der Waals surface area contributed by atoms with Crippen molar-refractivity contribution in [3.8, 4) is 0 Å². The summed E-state index contributed by atoms with van der Waals surface area (Å²) in [7, 11) is 1.72. The number of halogens is 3. The van der Waals surface area contributed by atoms with Gasteiger partial charge in [0.25, 0.3) is 0 Å². The molecule has 2 rings (SSSR count). The molecule has 0 bridgehead atoms. The second-order valence-electron chi connectivity index (χ2n) is 4.35. The molecule has 2 aromatic rings. The van der Waals surface area contributed by atoms with Gasteiger partial charge in [0.1, 0.15) is 0 Å². The van der Waals surface area contributed by atoms with Crippen LogP contribution in [0.3, 0.4) is 0 Å². The summed E-state index contributed by atoms with van der Waals surface area (Å²) in [5.74, 6) is 0. The first-order chi connectivity index (χ1) is 8.88. The van der Waals surface area contributed by atoms with Crippen LogP contribution in [0.5, 0.6) is 0 Å². The lowest BCUT2D eigenvalue weighted by Gasteiger charge is -2.13. The topological polar surface area (TPSA) is 38.0 Å². The Hall–Kier alpha value is -1.82. The summed E-state index contributed by atoms with van der Waals surface area (Å²) in [5, 5.41) is 10.00. The maximum absolute atomic E-state index is 12.6. The molecule has 1 heterocycles. The number of aliphatic hydroxyl groups excluding tert-OH is 1. The van der Waals surface area contributed by atoms with Gasteiger partial charge >= 0.3 is 6.18 Å². The average molecular weight is 270 g/mol. The van der Waals surface area contributed by atoms with Crippen LogP contribution in [0.1, 0.15) is 22.9 Å². The molecule has 1 unspecified atom stereocenters. The first kappa shape index (κ1) is 13.6. The van der Waals surface area contributed by atoms with E-state index >= 15 is 0 Å². The lowest BCUT2D eigenvalue weighted by atomic mass is 10.0. The zero-order chi connectivity index (χ0) is 14.0. The van der Waals surface area contributed by atoms with Crippen LogP contribution >= 0.6 is 0 Å². The maximum Gasteiger partial charge on any atom is 0.416 e. The molecule has 1 aromatic carbocycles. The number of nitrogens with zero attached hydrogens (tertiary/aromatic N) is 2. The zero-order valence-corrected chi connectivity index (χ0v) is 10.2. The number of hydrogen-bond donors (Lipinski definition) is 1. The fraction of sp³-hybridized carbons (Fsp3) is 0.308. The Morgan fingerprint density at radius 3 is 2.68 bits per heavy atom. The van der Waals surface area contributed by atoms with Crippen molar-refractivity contribution in [2.45, 2.75) is 18.7 Å². The predicted octanol–water partition coefficient (Wildman–Crippen LogP) is 2.72. The van der Waals surface area contributed by atoms with Crippen LogP contribution < -0.4 is 0 Å². The van der Waals surface area contributed by atoms with Gasteiger partial charge in [0, 0.05) is 13.5 Å². The summed E-state index contributed by atoms with van der Waals surface area (Å²) >= 11 is 0. The molecule has 0 aliphatic carbocycles. The molecular formula is C13H13F3N2O. The van der Waals surface area contributed by atoms with Crippen molar-refractivity contribution in [3.63, 3.8) is 0 Å². The quantitative estimate of drug-likeness (QED) is 0.931. The summed E-state index contributed by atoms with van der Waals surface area (Å²) < 4.78 is 39.3. The molecule has 0 radical (unpaired) electrons. The normalized spacial score (nSPS) is 13.5. The molecule has 0 amide bonds. The van der Waals surface area contributed by atoms with Crippen molar-refractivity contribution in [2.75, 3.05) is 0 Å². The SMILES string of the molecule is Cn1cncc1C(O)Cc1cccc(C(F)(F)F)c1. The summed E-state index contributed by atoms with van der Waals surface area (Å²) in [6, 6.07) is 4.97. The van der Waals surface area contributed by atoms with E-state index in [9.17, 15) is 18.3 Å². The number of aliphatic hydroxyl groups is 1. The molecule has 102 valence electrons. The van der Waals surface area contributed by atoms with Crippen LogP contribution in [-0.4, -0.2) is 14.7 Å². The van der Waals surface area contributed by atoms with E-state index in [1.54, 1.807) is 17.7 Å². The third kappa shape index (κ3) is 3.14. The summed E-state index contributed by atoms with van der Waals surface area (Å²) in [6.07, 6.45) is -2.10. The highest BCUT2D eigenvalue weighted by Crippen LogP contribution is 2.30. The number of rotatable bonds is 3. The number of benzene rings is 1. The molecule has 0 saturated heterocycles. The van der Waals surface area contributed by atoms with E-state index in [-0.39, 0.29) is 6.42 Å². The number of imidazole rings is 1. The Labute approximate surface area is 108 Å². The van der Waals surface area contributed by atoms with Crippen LogP contribution in [-0.2, 0) is 19.6 Å². The molecule has 0 fully saturated rings. The van der Waals surface area contributed by atoms with Gasteiger partial charge in [0.05, 0.1) is 29.9 Å². The van der Waals surface area contributed by atoms with Crippen LogP contribution in [0.25, 0.3) is 0 Å². The fourth-order valence-electron chi connectivity index (χ4n) is 1.89. The molecule has 0 aliphatic rings. The van der Waals surface area contributed by atoms with E-state index in [4.69, 9.17) is 0 Å². The minimum atomic E-state index is -4.37. The van der Waals surface area contributed by atoms with Gasteiger partial charge in [-0.25, -0.2) is 4.98 Å². The van der Waals surface area contributed by atoms with Crippen molar-refractivity contribution >= 4 is 0 Å². The molecule has 0 spiro atoms. The second kappa shape index (κ2) is 5.05. The summed E-state index contributed by atoms with van der Waals surface area (Å²) in [6.45, 7) is 0. The number of alkyl halides is 3. The molecule has 1 atom stereocenters. The van der Waals surface area contributed by atoms with Crippen molar-refractivity contribution in [1.82, 2.24) is 9.55 Å². The van der Waals surface area contributed by atoms with Gasteiger partial charge in [-0.3, -0.25) is 0 Å². The van der Waals surface area contributed by atoms with Crippen LogP contribution in [0.15, 0.2) is 36.8 Å². The average Bonchev–Trinajstić information content (AvgIpc) is 2.75. The lowest BCUT2D eigenvalue weighted by molar-refractivity contribution is -0.137. The van der Waals surface area contributed by atoms with E-state index in [2.05, 4.69) is 4.98 Å². The van der Waals surface area contributed by atoms with Crippen LogP contribution in [0.4, 0.5) is 13.2 Å². The summed E-state index contributed by atoms with van der Waals surface area (Å²) in [5.41, 5.74) is 0.295. The number of aryl methyl sites for hydroxylation is 1. The Morgan fingerprint density at radius 2 is 2.11 bits per heavy atom. The Morgan fingerprint density at radius 1 is 1.37 bits per heavy atom. The molecule has 0 saturated carbocycles. The predicted molar refractivity (Wildman–Crippen MR) is 63.3 cm³/mol. The first-order valence-corrected chi connectivity index (χ1v) is 5.68. The third-order valence-corrected chi connectivity index (χ3v) is 2.88. The smallest absolute Gasteiger partial charge is 0.386 e. The van der Waals surface area contributed by atoms with Gasteiger partial charge in [-0.15, -0.1) is 0 Å². The van der Waals surface area contributed by atoms with Crippen molar-refractivity contribution in [3.05, 3.63) is 53.6 Å². The monoisotopic (exact) mass is 270 g/mol. The van der Waals surface area contributed by atoms with Gasteiger partial charge in [0.2, 0.25) is 0 Å². The van der Waals surface area contributed by atoms with Crippen LogP contribution in [0, 0.1) is 0 Å². The van der Waals surface area contributed by atoms with E-state index in [1.807, 2.05) is 0 Å². The summed E-state index contributed by atoms with van der Waals surface area (Å²) in [4.78, 5) is 3.86. The first-order valence-electron chi connectivity index (χ1n) is 5.68. The van der Waals surface area contributed by atoms with Gasteiger partial charge in [-0.1, -0.05) is 18.2 Å². The van der Waals surface area contributed by atoms with Gasteiger partial charge in [0.15, 0.2) is 0 Å². The van der Waals surface area contributed by atoms with Gasteiger partial charge in [-0.2, -0.15) is 13.2 Å². The van der Waals surface area contributed by atoms with E-state index in [0.29, 0.717) is 11.3 Å². The van der Waals surface area contributed by atoms with Crippen molar-refractivity contribution in [2.24, 2.45) is 7.05 Å². The van der Waals surface area contributed by atoms with Crippen molar-refractivity contribution in [1.29, 1.82) is 0 Å². The third-order valence-electron chi connectivity index (χ3n) is 2.88. The zero-order valence-electron chi connectivity index (χ0n) is 10.2. The van der Waals surface area contributed by atoms with E-state index in [0.717, 1.165) is 12.1 Å². The maximum atomic E-state index is 12.6. The Kier molecular flexibility index (Phi) is 3.61. The van der Waals surface area contributed by atoms with E-state index in [1.165, 1.54) is 18.6 Å². The van der Waals surface area contributed by atoms with E-state index < -0.39 is 17.8 Å². The highest BCUT2D eigenvalue weighted by atomic mass is 19.4. The largest absolute Gasteiger partial charge is 0.416 e. The van der Waals surface area contributed by atoms with Gasteiger partial charge < -0.3 is 9.67 Å². The van der Waals surface area contributed by atoms with Crippen molar-refractivity contribution < 1.29 is 18.3 Å². The minimum Gasteiger partial charge on any atom is -0.386 e. The Bertz CT molecular complexity index is 563. The highest BCUT2D eigenvalue weighted by molar-refractivity contribution is 5.26. The molecule has 1 N–H and O–H groups in total. The molecule has 6 heteroatoms. The highest BCUT2D eigenvalue weighted by Gasteiger charge is 2.30. The Balaban J connectivity index is 2.18. The molecule has 1 aromatic heterocycles. The lowest BCUT2D eigenvalue weighted by Crippen LogP contribution is -2.09. The number of hydrogen-bond acceptors (Lipinski definition) is 2. The second-order valence-corrected chi connectivity index (χ2v) is 4.35. The standard InChI is InChI=1S/C13H13F3N2O/c1-18-8-17-7-11(18)12(19)6-9-3-2-4-10(5-9)13(14,15)16/h2-5,7-8,12,19H,6H2,1H3. The fourth-order valence-corrected chi connectivity index (χ4v) is 1.89. The molecule has 19 heavy (non-hydrogen) atoms. The minimum absolute atomic E-state index is 0.115. The molecule has 0 aliphatic heterocycles. The molecule has 3 nitrogen and oxygen atoms in total.